The highest BCUT2D eigenvalue weighted by atomic mass is 19.4. The van der Waals surface area contributed by atoms with E-state index in [9.17, 15) is 23.4 Å². The lowest BCUT2D eigenvalue weighted by atomic mass is 9.82. The summed E-state index contributed by atoms with van der Waals surface area (Å²) in [7, 11) is 0. The van der Waals surface area contributed by atoms with Crippen LogP contribution in [0.5, 0.6) is 0 Å². The Bertz CT molecular complexity index is 528. The van der Waals surface area contributed by atoms with Crippen molar-refractivity contribution >= 4 is 0 Å². The number of halogens is 3. The van der Waals surface area contributed by atoms with E-state index in [1.165, 1.54) is 24.3 Å². The van der Waals surface area contributed by atoms with E-state index in [-0.39, 0.29) is 0 Å². The molecular weight excluding hydrogens is 281 g/mol. The molecule has 2 nitrogen and oxygen atoms in total. The van der Waals surface area contributed by atoms with Crippen molar-refractivity contribution in [3.05, 3.63) is 71.8 Å². The van der Waals surface area contributed by atoms with Gasteiger partial charge in [0, 0.05) is 6.42 Å². The van der Waals surface area contributed by atoms with E-state index in [1.54, 1.807) is 36.4 Å². The summed E-state index contributed by atoms with van der Waals surface area (Å²) in [5.74, 6) is 0. The molecule has 5 heteroatoms. The average molecular weight is 296 g/mol. The molecule has 2 aromatic rings. The number of rotatable bonds is 4. The van der Waals surface area contributed by atoms with Crippen LogP contribution in [0.4, 0.5) is 13.2 Å². The first kappa shape index (κ1) is 15.5. The molecule has 0 saturated carbocycles. The van der Waals surface area contributed by atoms with Crippen LogP contribution in [0.15, 0.2) is 60.7 Å². The van der Waals surface area contributed by atoms with E-state index in [1.807, 2.05) is 0 Å². The van der Waals surface area contributed by atoms with Crippen molar-refractivity contribution in [2.24, 2.45) is 0 Å². The van der Waals surface area contributed by atoms with Crippen molar-refractivity contribution in [1.29, 1.82) is 0 Å². The van der Waals surface area contributed by atoms with Gasteiger partial charge in [0.2, 0.25) is 0 Å². The van der Waals surface area contributed by atoms with Gasteiger partial charge in [-0.25, -0.2) is 0 Å². The third-order valence-electron chi connectivity index (χ3n) is 3.37. The normalized spacial score (nSPS) is 14.0. The van der Waals surface area contributed by atoms with Gasteiger partial charge in [0.25, 0.3) is 0 Å². The molecule has 0 aromatic heterocycles. The molecule has 0 saturated heterocycles. The fourth-order valence-corrected chi connectivity index (χ4v) is 2.23. The Hall–Kier alpha value is -1.85. The molecule has 21 heavy (non-hydrogen) atoms. The molecule has 0 radical (unpaired) electrons. The van der Waals surface area contributed by atoms with Crippen LogP contribution >= 0.6 is 0 Å². The van der Waals surface area contributed by atoms with Gasteiger partial charge in [0.05, 0.1) is 0 Å². The van der Waals surface area contributed by atoms with E-state index >= 15 is 0 Å². The predicted molar refractivity (Wildman–Crippen MR) is 72.6 cm³/mol. The first-order chi connectivity index (χ1) is 9.84. The van der Waals surface area contributed by atoms with Crippen molar-refractivity contribution in [3.63, 3.8) is 0 Å². The zero-order valence-electron chi connectivity index (χ0n) is 11.1. The second-order valence-electron chi connectivity index (χ2n) is 4.85. The minimum absolute atomic E-state index is 0.305. The molecule has 2 aromatic carbocycles. The standard InChI is InChI=1S/C16H15F3O2/c17-16(18,19)14(20)11-15(21,12-7-3-1-4-8-12)13-9-5-2-6-10-13/h1-10,14,20-21H,11H2. The molecule has 0 fully saturated rings. The maximum Gasteiger partial charge on any atom is 0.414 e. The zero-order valence-corrected chi connectivity index (χ0v) is 11.1. The largest absolute Gasteiger partial charge is 0.414 e. The fourth-order valence-electron chi connectivity index (χ4n) is 2.23. The Morgan fingerprint density at radius 3 is 1.52 bits per heavy atom. The average Bonchev–Trinajstić information content (AvgIpc) is 2.48. The molecule has 1 unspecified atom stereocenters. The van der Waals surface area contributed by atoms with E-state index < -0.39 is 24.3 Å². The topological polar surface area (TPSA) is 40.5 Å². The summed E-state index contributed by atoms with van der Waals surface area (Å²) in [5.41, 5.74) is -1.30. The minimum Gasteiger partial charge on any atom is -0.384 e. The summed E-state index contributed by atoms with van der Waals surface area (Å²) in [5, 5.41) is 20.2. The number of benzene rings is 2. The third-order valence-corrected chi connectivity index (χ3v) is 3.37. The summed E-state index contributed by atoms with van der Waals surface area (Å²) in [6.07, 6.45) is -8.25. The van der Waals surface area contributed by atoms with Crippen LogP contribution in [-0.2, 0) is 5.60 Å². The Morgan fingerprint density at radius 1 is 0.810 bits per heavy atom. The van der Waals surface area contributed by atoms with Crippen LogP contribution in [0.2, 0.25) is 0 Å². The van der Waals surface area contributed by atoms with Gasteiger partial charge < -0.3 is 10.2 Å². The lowest BCUT2D eigenvalue weighted by Gasteiger charge is -2.32. The molecule has 2 N–H and O–H groups in total. The molecule has 0 aliphatic rings. The van der Waals surface area contributed by atoms with Crippen LogP contribution in [-0.4, -0.2) is 22.5 Å². The molecule has 0 heterocycles. The molecular formula is C16H15F3O2. The highest BCUT2D eigenvalue weighted by molar-refractivity contribution is 5.36. The van der Waals surface area contributed by atoms with E-state index in [0.717, 1.165) is 0 Å². The van der Waals surface area contributed by atoms with Crippen molar-refractivity contribution in [2.75, 3.05) is 0 Å². The number of hydrogen-bond acceptors (Lipinski definition) is 2. The van der Waals surface area contributed by atoms with Gasteiger partial charge in [-0.05, 0) is 11.1 Å². The summed E-state index contributed by atoms with van der Waals surface area (Å²) < 4.78 is 37.9. The smallest absolute Gasteiger partial charge is 0.384 e. The Kier molecular flexibility index (Phi) is 4.34. The Labute approximate surface area is 120 Å². The molecule has 1 atom stereocenters. The van der Waals surface area contributed by atoms with Crippen molar-refractivity contribution in [3.8, 4) is 0 Å². The number of aliphatic hydroxyl groups excluding tert-OH is 1. The lowest BCUT2D eigenvalue weighted by molar-refractivity contribution is -0.216. The van der Waals surface area contributed by atoms with Crippen LogP contribution in [0, 0.1) is 0 Å². The molecule has 0 bridgehead atoms. The first-order valence-electron chi connectivity index (χ1n) is 6.42. The highest BCUT2D eigenvalue weighted by Gasteiger charge is 2.45. The predicted octanol–water partition coefficient (Wildman–Crippen LogP) is 3.24. The second kappa shape index (κ2) is 5.87. The van der Waals surface area contributed by atoms with Crippen molar-refractivity contribution in [2.45, 2.75) is 24.3 Å². The number of aliphatic hydroxyl groups is 2. The highest BCUT2D eigenvalue weighted by Crippen LogP contribution is 2.37. The fraction of sp³-hybridized carbons (Fsp3) is 0.250. The SMILES string of the molecule is OC(CC(O)(c1ccccc1)c1ccccc1)C(F)(F)F. The summed E-state index contributed by atoms with van der Waals surface area (Å²) >= 11 is 0. The van der Waals surface area contributed by atoms with Crippen molar-refractivity contribution < 1.29 is 23.4 Å². The van der Waals surface area contributed by atoms with Gasteiger partial charge in [-0.1, -0.05) is 60.7 Å². The van der Waals surface area contributed by atoms with E-state index in [2.05, 4.69) is 0 Å². The first-order valence-corrected chi connectivity index (χ1v) is 6.42. The van der Waals surface area contributed by atoms with Crippen LogP contribution in [0.3, 0.4) is 0 Å². The molecule has 112 valence electrons. The number of hydrogen-bond donors (Lipinski definition) is 2. The van der Waals surface area contributed by atoms with Crippen LogP contribution in [0.25, 0.3) is 0 Å². The quantitative estimate of drug-likeness (QED) is 0.909. The van der Waals surface area contributed by atoms with Gasteiger partial charge in [0.15, 0.2) is 6.10 Å². The minimum atomic E-state index is -4.78. The zero-order chi connectivity index (χ0) is 15.5. The Balaban J connectivity index is 2.45. The molecule has 0 aliphatic heterocycles. The summed E-state index contributed by atoms with van der Waals surface area (Å²) in [4.78, 5) is 0. The van der Waals surface area contributed by atoms with Gasteiger partial charge >= 0.3 is 6.18 Å². The second-order valence-corrected chi connectivity index (χ2v) is 4.85. The van der Waals surface area contributed by atoms with Gasteiger partial charge in [-0.15, -0.1) is 0 Å². The monoisotopic (exact) mass is 296 g/mol. The third kappa shape index (κ3) is 3.43. The van der Waals surface area contributed by atoms with E-state index in [0.29, 0.717) is 11.1 Å². The van der Waals surface area contributed by atoms with Crippen LogP contribution in [0.1, 0.15) is 17.5 Å². The van der Waals surface area contributed by atoms with Crippen LogP contribution < -0.4 is 0 Å². The van der Waals surface area contributed by atoms with Gasteiger partial charge in [-0.3, -0.25) is 0 Å². The summed E-state index contributed by atoms with van der Waals surface area (Å²) in [6, 6.07) is 16.1. The van der Waals surface area contributed by atoms with Gasteiger partial charge in [0.1, 0.15) is 5.60 Å². The molecule has 2 rings (SSSR count). The lowest BCUT2D eigenvalue weighted by Crippen LogP contribution is -2.39. The number of alkyl halides is 3. The maximum atomic E-state index is 12.6. The Morgan fingerprint density at radius 2 is 1.19 bits per heavy atom. The molecule has 0 amide bonds. The maximum absolute atomic E-state index is 12.6. The van der Waals surface area contributed by atoms with Crippen molar-refractivity contribution in [1.82, 2.24) is 0 Å². The van der Waals surface area contributed by atoms with E-state index in [4.69, 9.17) is 0 Å². The summed E-state index contributed by atoms with van der Waals surface area (Å²) in [6.45, 7) is 0. The molecule has 0 spiro atoms. The van der Waals surface area contributed by atoms with Gasteiger partial charge in [-0.2, -0.15) is 13.2 Å². The molecule has 0 aliphatic carbocycles.